The normalized spacial score (nSPS) is 26.4. The second kappa shape index (κ2) is 6.51. The van der Waals surface area contributed by atoms with E-state index in [0.29, 0.717) is 6.61 Å². The summed E-state index contributed by atoms with van der Waals surface area (Å²) >= 11 is 0. The zero-order valence-corrected chi connectivity index (χ0v) is 14.5. The topological polar surface area (TPSA) is 49.8 Å². The lowest BCUT2D eigenvalue weighted by Gasteiger charge is -2.32. The van der Waals surface area contributed by atoms with Crippen molar-refractivity contribution in [1.29, 1.82) is 0 Å². The van der Waals surface area contributed by atoms with E-state index in [1.807, 2.05) is 39.8 Å². The van der Waals surface area contributed by atoms with Gasteiger partial charge in [-0.05, 0) is 58.6 Å². The standard InChI is InChI=1S/C17H26BNO4/c1-16(2)17(3,4)23-18(22-16)15-13(8-7-10-19-15)12-21-14-9-5-6-11-20-14/h7-8,10,14H,5-6,9,11-12H2,1-4H3. The smallest absolute Gasteiger partial charge is 0.398 e. The highest BCUT2D eigenvalue weighted by atomic mass is 16.7. The van der Waals surface area contributed by atoms with Gasteiger partial charge in [-0.15, -0.1) is 0 Å². The van der Waals surface area contributed by atoms with Crippen LogP contribution in [0.4, 0.5) is 0 Å². The van der Waals surface area contributed by atoms with Crippen molar-refractivity contribution in [2.45, 2.75) is 71.1 Å². The van der Waals surface area contributed by atoms with Gasteiger partial charge in [-0.1, -0.05) is 6.07 Å². The molecule has 2 aliphatic heterocycles. The number of aromatic nitrogens is 1. The van der Waals surface area contributed by atoms with Crippen LogP contribution in [0, 0.1) is 0 Å². The summed E-state index contributed by atoms with van der Waals surface area (Å²) in [5.41, 5.74) is 1.03. The molecule has 0 bridgehead atoms. The van der Waals surface area contributed by atoms with Gasteiger partial charge in [0.15, 0.2) is 6.29 Å². The molecule has 2 saturated heterocycles. The molecule has 1 aromatic rings. The Labute approximate surface area is 138 Å². The van der Waals surface area contributed by atoms with E-state index in [9.17, 15) is 0 Å². The van der Waals surface area contributed by atoms with Gasteiger partial charge in [0.05, 0.1) is 23.4 Å². The van der Waals surface area contributed by atoms with Gasteiger partial charge in [0.1, 0.15) is 0 Å². The third-order valence-corrected chi connectivity index (χ3v) is 4.97. The third kappa shape index (κ3) is 3.60. The van der Waals surface area contributed by atoms with Gasteiger partial charge in [-0.25, -0.2) is 0 Å². The Balaban J connectivity index is 1.71. The summed E-state index contributed by atoms with van der Waals surface area (Å²) in [6.07, 6.45) is 4.87. The lowest BCUT2D eigenvalue weighted by Crippen LogP contribution is -2.41. The first kappa shape index (κ1) is 16.9. The summed E-state index contributed by atoms with van der Waals surface area (Å²) in [6, 6.07) is 3.92. The number of ether oxygens (including phenoxy) is 2. The predicted octanol–water partition coefficient (Wildman–Crippen LogP) is 2.42. The first-order chi connectivity index (χ1) is 10.9. The van der Waals surface area contributed by atoms with Crippen LogP contribution in [0.5, 0.6) is 0 Å². The minimum atomic E-state index is -0.466. The quantitative estimate of drug-likeness (QED) is 0.798. The Bertz CT molecular complexity index is 527. The van der Waals surface area contributed by atoms with Gasteiger partial charge in [0.25, 0.3) is 0 Å². The zero-order valence-electron chi connectivity index (χ0n) is 14.5. The molecule has 0 spiro atoms. The second-order valence-corrected chi connectivity index (χ2v) is 7.24. The van der Waals surface area contributed by atoms with Crippen LogP contribution in [0.15, 0.2) is 18.3 Å². The molecule has 6 heteroatoms. The van der Waals surface area contributed by atoms with E-state index in [-0.39, 0.29) is 17.5 Å². The second-order valence-electron chi connectivity index (χ2n) is 7.24. The van der Waals surface area contributed by atoms with Crippen LogP contribution in [0.1, 0.15) is 52.5 Å². The molecule has 0 aromatic carbocycles. The maximum absolute atomic E-state index is 6.11. The van der Waals surface area contributed by atoms with Crippen LogP contribution in [-0.4, -0.2) is 36.2 Å². The largest absolute Gasteiger partial charge is 0.514 e. The number of rotatable bonds is 4. The Kier molecular flexibility index (Phi) is 4.79. The van der Waals surface area contributed by atoms with Crippen LogP contribution in [0.3, 0.4) is 0 Å². The molecule has 1 unspecified atom stereocenters. The third-order valence-electron chi connectivity index (χ3n) is 4.97. The van der Waals surface area contributed by atoms with Crippen LogP contribution >= 0.6 is 0 Å². The van der Waals surface area contributed by atoms with Crippen molar-refractivity contribution < 1.29 is 18.8 Å². The lowest BCUT2D eigenvalue weighted by atomic mass is 9.81. The SMILES string of the molecule is CC1(C)OB(c2ncccc2COC2CCCCO2)OC1(C)C. The van der Waals surface area contributed by atoms with Crippen molar-refractivity contribution in [3.8, 4) is 0 Å². The number of nitrogens with zero attached hydrogens (tertiary/aromatic N) is 1. The molecular formula is C17H26BNO4. The molecule has 2 fully saturated rings. The fraction of sp³-hybridized carbons (Fsp3) is 0.706. The Hall–Kier alpha value is -0.945. The minimum absolute atomic E-state index is 0.116. The van der Waals surface area contributed by atoms with E-state index in [1.54, 1.807) is 6.20 Å². The highest BCUT2D eigenvalue weighted by Gasteiger charge is 2.52. The molecule has 3 heterocycles. The van der Waals surface area contributed by atoms with Crippen LogP contribution in [-0.2, 0) is 25.4 Å². The van der Waals surface area contributed by atoms with Gasteiger partial charge in [-0.2, -0.15) is 0 Å². The van der Waals surface area contributed by atoms with E-state index in [2.05, 4.69) is 4.98 Å². The molecule has 1 atom stereocenters. The molecule has 0 saturated carbocycles. The molecule has 3 rings (SSSR count). The average molecular weight is 319 g/mol. The molecule has 126 valence electrons. The minimum Gasteiger partial charge on any atom is -0.398 e. The Morgan fingerprint density at radius 2 is 1.96 bits per heavy atom. The molecule has 0 amide bonds. The van der Waals surface area contributed by atoms with Crippen molar-refractivity contribution in [3.05, 3.63) is 23.9 Å². The van der Waals surface area contributed by atoms with Gasteiger partial charge in [0.2, 0.25) is 0 Å². The molecule has 0 N–H and O–H groups in total. The molecule has 0 aliphatic carbocycles. The average Bonchev–Trinajstić information content (AvgIpc) is 2.75. The van der Waals surface area contributed by atoms with E-state index >= 15 is 0 Å². The highest BCUT2D eigenvalue weighted by molar-refractivity contribution is 6.61. The van der Waals surface area contributed by atoms with Gasteiger partial charge < -0.3 is 18.8 Å². The summed E-state index contributed by atoms with van der Waals surface area (Å²) in [5.74, 6) is 0. The lowest BCUT2D eigenvalue weighted by molar-refractivity contribution is -0.168. The van der Waals surface area contributed by atoms with Crippen molar-refractivity contribution >= 4 is 12.7 Å². The monoisotopic (exact) mass is 319 g/mol. The highest BCUT2D eigenvalue weighted by Crippen LogP contribution is 2.36. The molecule has 2 aliphatic rings. The van der Waals surface area contributed by atoms with Crippen LogP contribution in [0.2, 0.25) is 0 Å². The fourth-order valence-corrected chi connectivity index (χ4v) is 2.77. The molecule has 5 nitrogen and oxygen atoms in total. The van der Waals surface area contributed by atoms with Crippen molar-refractivity contribution in [2.24, 2.45) is 0 Å². The van der Waals surface area contributed by atoms with Crippen molar-refractivity contribution in [1.82, 2.24) is 4.98 Å². The summed E-state index contributed by atoms with van der Waals surface area (Å²) < 4.78 is 23.7. The van der Waals surface area contributed by atoms with Gasteiger partial charge >= 0.3 is 7.12 Å². The Morgan fingerprint density at radius 3 is 2.61 bits per heavy atom. The summed E-state index contributed by atoms with van der Waals surface area (Å²) in [5, 5.41) is 0. The molecule has 0 radical (unpaired) electrons. The van der Waals surface area contributed by atoms with Crippen molar-refractivity contribution in [3.63, 3.8) is 0 Å². The number of hydrogen-bond acceptors (Lipinski definition) is 5. The van der Waals surface area contributed by atoms with E-state index < -0.39 is 7.12 Å². The zero-order chi connectivity index (χ0) is 16.5. The molecule has 23 heavy (non-hydrogen) atoms. The fourth-order valence-electron chi connectivity index (χ4n) is 2.77. The molecular weight excluding hydrogens is 293 g/mol. The van der Waals surface area contributed by atoms with Crippen LogP contribution < -0.4 is 5.59 Å². The molecule has 1 aromatic heterocycles. The predicted molar refractivity (Wildman–Crippen MR) is 88.3 cm³/mol. The van der Waals surface area contributed by atoms with Crippen molar-refractivity contribution in [2.75, 3.05) is 6.61 Å². The van der Waals surface area contributed by atoms with E-state index in [0.717, 1.165) is 37.0 Å². The summed E-state index contributed by atoms with van der Waals surface area (Å²) in [4.78, 5) is 4.48. The van der Waals surface area contributed by atoms with E-state index in [1.165, 1.54) is 0 Å². The Morgan fingerprint density at radius 1 is 1.22 bits per heavy atom. The number of hydrogen-bond donors (Lipinski definition) is 0. The van der Waals surface area contributed by atoms with Gasteiger partial charge in [0, 0.05) is 12.8 Å². The van der Waals surface area contributed by atoms with Crippen LogP contribution in [0.25, 0.3) is 0 Å². The van der Waals surface area contributed by atoms with E-state index in [4.69, 9.17) is 18.8 Å². The maximum Gasteiger partial charge on any atom is 0.514 e. The summed E-state index contributed by atoms with van der Waals surface area (Å²) in [6.45, 7) is 9.41. The first-order valence-corrected chi connectivity index (χ1v) is 8.42. The number of pyridine rings is 1. The van der Waals surface area contributed by atoms with Gasteiger partial charge in [-0.3, -0.25) is 4.98 Å². The maximum atomic E-state index is 6.11. The summed E-state index contributed by atoms with van der Waals surface area (Å²) in [7, 11) is -0.466. The first-order valence-electron chi connectivity index (χ1n) is 8.42.